The van der Waals surface area contributed by atoms with E-state index in [0.29, 0.717) is 38.3 Å². The zero-order valence-corrected chi connectivity index (χ0v) is 23.1. The monoisotopic (exact) mass is 554 g/mol. The summed E-state index contributed by atoms with van der Waals surface area (Å²) in [7, 11) is 0. The second kappa shape index (κ2) is 10.7. The summed E-state index contributed by atoms with van der Waals surface area (Å²) in [5, 5.41) is 14.4. The van der Waals surface area contributed by atoms with Gasteiger partial charge in [0.1, 0.15) is 11.1 Å². The van der Waals surface area contributed by atoms with E-state index in [1.165, 1.54) is 0 Å². The fourth-order valence-corrected chi connectivity index (χ4v) is 6.16. The SMILES string of the molecule is C#CC1(C(=O)Nc2ccc3[nH]nc(-c4ccnc(C)c4)c3c2)CCN(CC(=O)N2CCN(c3nccs3)CC2)C1. The minimum absolute atomic E-state index is 0.0660. The van der Waals surface area contributed by atoms with Crippen LogP contribution in [0.4, 0.5) is 10.8 Å². The Bertz CT molecular complexity index is 1590. The highest BCUT2D eigenvalue weighted by atomic mass is 32.1. The van der Waals surface area contributed by atoms with Crippen molar-refractivity contribution in [3.63, 3.8) is 0 Å². The zero-order valence-electron chi connectivity index (χ0n) is 22.3. The molecule has 0 bridgehead atoms. The van der Waals surface area contributed by atoms with Gasteiger partial charge in [0.2, 0.25) is 11.8 Å². The lowest BCUT2D eigenvalue weighted by Crippen LogP contribution is -2.51. The highest BCUT2D eigenvalue weighted by molar-refractivity contribution is 7.13. The Morgan fingerprint density at radius 1 is 1.12 bits per heavy atom. The molecule has 2 fully saturated rings. The molecule has 0 saturated carbocycles. The van der Waals surface area contributed by atoms with Gasteiger partial charge < -0.3 is 15.1 Å². The average Bonchev–Trinajstić information content (AvgIpc) is 3.73. The summed E-state index contributed by atoms with van der Waals surface area (Å²) in [6.07, 6.45) is 10.00. The number of aromatic amines is 1. The van der Waals surface area contributed by atoms with Gasteiger partial charge >= 0.3 is 0 Å². The maximum atomic E-state index is 13.5. The first-order valence-electron chi connectivity index (χ1n) is 13.3. The van der Waals surface area contributed by atoms with Gasteiger partial charge in [-0.05, 0) is 43.7 Å². The van der Waals surface area contributed by atoms with Gasteiger partial charge in [-0.15, -0.1) is 17.8 Å². The molecule has 40 heavy (non-hydrogen) atoms. The first-order chi connectivity index (χ1) is 19.4. The van der Waals surface area contributed by atoms with E-state index in [9.17, 15) is 9.59 Å². The van der Waals surface area contributed by atoms with Gasteiger partial charge in [0.05, 0.1) is 12.1 Å². The summed E-state index contributed by atoms with van der Waals surface area (Å²) >= 11 is 1.61. The van der Waals surface area contributed by atoms with Gasteiger partial charge in [-0.2, -0.15) is 5.10 Å². The molecule has 1 unspecified atom stereocenters. The average molecular weight is 555 g/mol. The molecule has 0 radical (unpaired) electrons. The van der Waals surface area contributed by atoms with Crippen molar-refractivity contribution in [2.24, 2.45) is 5.41 Å². The summed E-state index contributed by atoms with van der Waals surface area (Å²) in [5.41, 5.74) is 3.15. The number of rotatable bonds is 6. The van der Waals surface area contributed by atoms with Crippen LogP contribution in [0.5, 0.6) is 0 Å². The number of nitrogens with one attached hydrogen (secondary N) is 2. The molecule has 1 aromatic carbocycles. The Morgan fingerprint density at radius 3 is 2.73 bits per heavy atom. The van der Waals surface area contributed by atoms with E-state index in [1.54, 1.807) is 23.7 Å². The largest absolute Gasteiger partial charge is 0.345 e. The van der Waals surface area contributed by atoms with Crippen LogP contribution in [0.1, 0.15) is 12.1 Å². The molecule has 10 nitrogen and oxygen atoms in total. The molecular formula is C29H30N8O2S. The van der Waals surface area contributed by atoms with Crippen LogP contribution in [-0.2, 0) is 9.59 Å². The maximum Gasteiger partial charge on any atom is 0.244 e. The number of fused-ring (bicyclic) bond motifs is 1. The minimum atomic E-state index is -1.000. The number of piperazine rings is 1. The first kappa shape index (κ1) is 26.0. The topological polar surface area (TPSA) is 110 Å². The van der Waals surface area contributed by atoms with Crippen molar-refractivity contribution in [1.82, 2.24) is 30.0 Å². The number of terminal acetylenes is 1. The molecule has 2 amide bonds. The number of amides is 2. The quantitative estimate of drug-likeness (QED) is 0.353. The Morgan fingerprint density at radius 2 is 1.98 bits per heavy atom. The minimum Gasteiger partial charge on any atom is -0.345 e. The molecule has 6 rings (SSSR count). The second-order valence-corrected chi connectivity index (χ2v) is 11.2. The lowest BCUT2D eigenvalue weighted by molar-refractivity contribution is -0.133. The first-order valence-corrected chi connectivity index (χ1v) is 14.2. The summed E-state index contributed by atoms with van der Waals surface area (Å²) in [6.45, 7) is 5.97. The van der Waals surface area contributed by atoms with Crippen LogP contribution in [0, 0.1) is 24.7 Å². The van der Waals surface area contributed by atoms with Crippen molar-refractivity contribution in [2.45, 2.75) is 13.3 Å². The third kappa shape index (κ3) is 5.03. The highest BCUT2D eigenvalue weighted by Crippen LogP contribution is 2.33. The number of hydrogen-bond acceptors (Lipinski definition) is 8. The number of aryl methyl sites for hydroxylation is 1. The van der Waals surface area contributed by atoms with Crippen molar-refractivity contribution in [3.8, 4) is 23.6 Å². The van der Waals surface area contributed by atoms with Crippen LogP contribution in [0.2, 0.25) is 0 Å². The molecule has 2 aliphatic rings. The molecule has 2 saturated heterocycles. The smallest absolute Gasteiger partial charge is 0.244 e. The van der Waals surface area contributed by atoms with E-state index in [2.05, 4.69) is 36.3 Å². The van der Waals surface area contributed by atoms with E-state index < -0.39 is 5.41 Å². The fourth-order valence-electron chi connectivity index (χ4n) is 5.46. The van der Waals surface area contributed by atoms with Crippen molar-refractivity contribution < 1.29 is 9.59 Å². The number of carbonyl (C=O) groups is 2. The molecule has 11 heteroatoms. The summed E-state index contributed by atoms with van der Waals surface area (Å²) in [6, 6.07) is 9.53. The number of aromatic nitrogens is 4. The number of anilines is 2. The zero-order chi connectivity index (χ0) is 27.7. The molecule has 204 valence electrons. The van der Waals surface area contributed by atoms with Crippen molar-refractivity contribution >= 4 is 44.9 Å². The van der Waals surface area contributed by atoms with Gasteiger partial charge in [-0.25, -0.2) is 4.98 Å². The third-order valence-electron chi connectivity index (χ3n) is 7.73. The van der Waals surface area contributed by atoms with Crippen LogP contribution in [-0.4, -0.2) is 87.6 Å². The van der Waals surface area contributed by atoms with Crippen LogP contribution in [0.3, 0.4) is 0 Å². The molecule has 1 atom stereocenters. The molecule has 5 heterocycles. The summed E-state index contributed by atoms with van der Waals surface area (Å²) < 4.78 is 0. The predicted molar refractivity (Wildman–Crippen MR) is 156 cm³/mol. The molecule has 2 N–H and O–H groups in total. The van der Waals surface area contributed by atoms with E-state index in [-0.39, 0.29) is 18.4 Å². The van der Waals surface area contributed by atoms with Crippen LogP contribution >= 0.6 is 11.3 Å². The summed E-state index contributed by atoms with van der Waals surface area (Å²) in [5.74, 6) is 2.60. The van der Waals surface area contributed by atoms with Gasteiger partial charge in [0, 0.05) is 79.4 Å². The van der Waals surface area contributed by atoms with E-state index >= 15 is 0 Å². The number of H-pyrrole nitrogens is 1. The Kier molecular flexibility index (Phi) is 6.96. The second-order valence-electron chi connectivity index (χ2n) is 10.3. The normalized spacial score (nSPS) is 19.6. The molecule has 0 spiro atoms. The van der Waals surface area contributed by atoms with Gasteiger partial charge in [0.25, 0.3) is 0 Å². The van der Waals surface area contributed by atoms with E-state index in [4.69, 9.17) is 6.42 Å². The number of pyridine rings is 1. The van der Waals surface area contributed by atoms with Crippen LogP contribution in [0.15, 0.2) is 48.1 Å². The number of carbonyl (C=O) groups excluding carboxylic acids is 2. The molecular weight excluding hydrogens is 524 g/mol. The lowest BCUT2D eigenvalue weighted by atomic mass is 9.87. The van der Waals surface area contributed by atoms with Crippen molar-refractivity contribution in [1.29, 1.82) is 0 Å². The summed E-state index contributed by atoms with van der Waals surface area (Å²) in [4.78, 5) is 41.3. The van der Waals surface area contributed by atoms with Gasteiger partial charge in [0.15, 0.2) is 5.13 Å². The van der Waals surface area contributed by atoms with Crippen LogP contribution in [0.25, 0.3) is 22.2 Å². The van der Waals surface area contributed by atoms with Gasteiger partial charge in [-0.3, -0.25) is 24.6 Å². The maximum absolute atomic E-state index is 13.5. The standard InChI is InChI=1S/C29H30N8O2S/c1-3-29(7-10-35(19-29)18-25(38)36-11-13-37(14-12-36)28-31-9-15-40-28)27(39)32-22-4-5-24-23(17-22)26(34-33-24)21-6-8-30-20(2)16-21/h1,4-6,8-9,15-17H,7,10-14,18-19H2,2H3,(H,32,39)(H,33,34). The molecule has 0 aliphatic carbocycles. The number of likely N-dealkylation sites (tertiary alicyclic amines) is 1. The van der Waals surface area contributed by atoms with Crippen LogP contribution < -0.4 is 10.2 Å². The Hall–Kier alpha value is -4.27. The Labute approximate surface area is 236 Å². The highest BCUT2D eigenvalue weighted by Gasteiger charge is 2.44. The van der Waals surface area contributed by atoms with E-state index in [0.717, 1.165) is 46.1 Å². The molecule has 3 aromatic heterocycles. The predicted octanol–water partition coefficient (Wildman–Crippen LogP) is 3.00. The lowest BCUT2D eigenvalue weighted by Gasteiger charge is -2.35. The number of benzene rings is 1. The third-order valence-corrected chi connectivity index (χ3v) is 8.56. The Balaban J connectivity index is 1.09. The van der Waals surface area contributed by atoms with Crippen molar-refractivity contribution in [3.05, 3.63) is 53.8 Å². The number of nitrogens with zero attached hydrogens (tertiary/aromatic N) is 6. The van der Waals surface area contributed by atoms with E-state index in [1.807, 2.05) is 52.4 Å². The van der Waals surface area contributed by atoms with Gasteiger partial charge in [-0.1, -0.05) is 5.92 Å². The molecule has 2 aliphatic heterocycles. The fraction of sp³-hybridized carbons (Fsp3) is 0.345. The molecule has 4 aromatic rings. The van der Waals surface area contributed by atoms with Crippen molar-refractivity contribution in [2.75, 3.05) is 56.0 Å². The number of thiazole rings is 1. The number of hydrogen-bond donors (Lipinski definition) is 2.